The minimum atomic E-state index is -1.08. The van der Waals surface area contributed by atoms with Crippen molar-refractivity contribution in [3.05, 3.63) is 53.6 Å². The number of para-hydroxylation sites is 1. The molecule has 7 heteroatoms. The number of benzene rings is 2. The normalized spacial score (nSPS) is 15.1. The fourth-order valence-electron chi connectivity index (χ4n) is 3.12. The molecule has 1 unspecified atom stereocenters. The summed E-state index contributed by atoms with van der Waals surface area (Å²) in [7, 11) is 0. The van der Waals surface area contributed by atoms with E-state index in [1.165, 1.54) is 0 Å². The quantitative estimate of drug-likeness (QED) is 0.726. The van der Waals surface area contributed by atoms with Crippen molar-refractivity contribution < 1.29 is 28.9 Å². The maximum atomic E-state index is 12.6. The third kappa shape index (κ3) is 4.73. The van der Waals surface area contributed by atoms with Crippen molar-refractivity contribution >= 4 is 11.9 Å². The first-order valence-electron chi connectivity index (χ1n) is 9.20. The first-order chi connectivity index (χ1) is 13.6. The number of ether oxygens (including phenoxy) is 3. The van der Waals surface area contributed by atoms with Gasteiger partial charge in [-0.2, -0.15) is 0 Å². The monoisotopic (exact) mass is 385 g/mol. The van der Waals surface area contributed by atoms with E-state index in [0.29, 0.717) is 36.8 Å². The average molecular weight is 385 g/mol. The van der Waals surface area contributed by atoms with Crippen LogP contribution >= 0.6 is 0 Å². The lowest BCUT2D eigenvalue weighted by Crippen LogP contribution is -2.30. The molecule has 7 nitrogen and oxygen atoms in total. The second kappa shape index (κ2) is 9.12. The second-order valence-electron chi connectivity index (χ2n) is 6.36. The summed E-state index contributed by atoms with van der Waals surface area (Å²) in [6.45, 7) is 2.82. The van der Waals surface area contributed by atoms with Crippen molar-refractivity contribution in [2.45, 2.75) is 19.3 Å². The van der Waals surface area contributed by atoms with Crippen LogP contribution in [0.25, 0.3) is 0 Å². The van der Waals surface area contributed by atoms with Crippen molar-refractivity contribution in [2.75, 3.05) is 26.4 Å². The highest BCUT2D eigenvalue weighted by Gasteiger charge is 2.22. The molecule has 28 heavy (non-hydrogen) atoms. The third-order valence-corrected chi connectivity index (χ3v) is 4.45. The topological polar surface area (TPSA) is 94.1 Å². The standard InChI is InChI=1S/C21H23NO6/c1-2-26-19-11-14(7-8-18(19)28-13-20(23)24)21(25)22-12-15-9-10-27-17-6-4-3-5-16(15)17/h3-8,11,15H,2,9-10,12-13H2,1H3,(H,22,25)(H,23,24). The van der Waals surface area contributed by atoms with Gasteiger partial charge in [0.05, 0.1) is 13.2 Å². The number of nitrogens with one attached hydrogen (secondary N) is 1. The van der Waals surface area contributed by atoms with Crippen LogP contribution in [0.3, 0.4) is 0 Å². The number of rotatable bonds is 8. The molecule has 0 fully saturated rings. The molecule has 1 amide bonds. The zero-order chi connectivity index (χ0) is 19.9. The van der Waals surface area contributed by atoms with Crippen LogP contribution in [-0.4, -0.2) is 43.3 Å². The van der Waals surface area contributed by atoms with Crippen molar-refractivity contribution in [1.82, 2.24) is 5.32 Å². The molecule has 0 saturated carbocycles. The summed E-state index contributed by atoms with van der Waals surface area (Å²) in [5, 5.41) is 11.7. The Balaban J connectivity index is 1.67. The van der Waals surface area contributed by atoms with Gasteiger partial charge in [0.1, 0.15) is 5.75 Å². The van der Waals surface area contributed by atoms with Crippen molar-refractivity contribution in [3.63, 3.8) is 0 Å². The summed E-state index contributed by atoms with van der Waals surface area (Å²) in [5.41, 5.74) is 1.52. The van der Waals surface area contributed by atoms with E-state index < -0.39 is 12.6 Å². The van der Waals surface area contributed by atoms with Gasteiger partial charge in [-0.25, -0.2) is 4.79 Å². The maximum Gasteiger partial charge on any atom is 0.341 e. The van der Waals surface area contributed by atoms with Crippen molar-refractivity contribution in [3.8, 4) is 17.2 Å². The molecule has 3 rings (SSSR count). The SMILES string of the molecule is CCOc1cc(C(=O)NCC2CCOc3ccccc32)ccc1OCC(=O)O. The fourth-order valence-corrected chi connectivity index (χ4v) is 3.12. The maximum absolute atomic E-state index is 12.6. The van der Waals surface area contributed by atoms with Gasteiger partial charge in [-0.15, -0.1) is 0 Å². The van der Waals surface area contributed by atoms with Crippen LogP contribution in [0.4, 0.5) is 0 Å². The molecule has 1 atom stereocenters. The van der Waals surface area contributed by atoms with E-state index in [0.717, 1.165) is 17.7 Å². The number of amides is 1. The van der Waals surface area contributed by atoms with Crippen LogP contribution in [-0.2, 0) is 4.79 Å². The Morgan fingerprint density at radius 1 is 1.18 bits per heavy atom. The van der Waals surface area contributed by atoms with E-state index in [-0.39, 0.29) is 11.8 Å². The van der Waals surface area contributed by atoms with E-state index >= 15 is 0 Å². The fraction of sp³-hybridized carbons (Fsp3) is 0.333. The van der Waals surface area contributed by atoms with Crippen LogP contribution in [0.1, 0.15) is 35.2 Å². The van der Waals surface area contributed by atoms with Gasteiger partial charge in [0.25, 0.3) is 5.91 Å². The summed E-state index contributed by atoms with van der Waals surface area (Å²) in [4.78, 5) is 23.3. The first kappa shape index (κ1) is 19.5. The Kier molecular flexibility index (Phi) is 6.37. The minimum absolute atomic E-state index is 0.193. The molecule has 0 radical (unpaired) electrons. The van der Waals surface area contributed by atoms with Gasteiger partial charge in [0.2, 0.25) is 0 Å². The zero-order valence-corrected chi connectivity index (χ0v) is 15.6. The highest BCUT2D eigenvalue weighted by atomic mass is 16.5. The number of hydrogen-bond acceptors (Lipinski definition) is 5. The molecular formula is C21H23NO6. The van der Waals surface area contributed by atoms with E-state index in [2.05, 4.69) is 5.32 Å². The Morgan fingerprint density at radius 2 is 2.00 bits per heavy atom. The van der Waals surface area contributed by atoms with Crippen molar-refractivity contribution in [1.29, 1.82) is 0 Å². The van der Waals surface area contributed by atoms with Gasteiger partial charge in [0, 0.05) is 18.0 Å². The van der Waals surface area contributed by atoms with Crippen LogP contribution in [0.15, 0.2) is 42.5 Å². The lowest BCUT2D eigenvalue weighted by atomic mass is 9.93. The molecule has 148 valence electrons. The predicted molar refractivity (Wildman–Crippen MR) is 102 cm³/mol. The van der Waals surface area contributed by atoms with E-state index in [9.17, 15) is 9.59 Å². The molecule has 1 aliphatic heterocycles. The Morgan fingerprint density at radius 3 is 2.79 bits per heavy atom. The van der Waals surface area contributed by atoms with Crippen LogP contribution in [0, 0.1) is 0 Å². The predicted octanol–water partition coefficient (Wildman–Crippen LogP) is 2.84. The lowest BCUT2D eigenvalue weighted by molar-refractivity contribution is -0.139. The molecule has 0 aliphatic carbocycles. The number of aliphatic carboxylic acids is 1. The number of carboxylic acid groups (broad SMARTS) is 1. The summed E-state index contributed by atoms with van der Waals surface area (Å²) < 4.78 is 16.4. The van der Waals surface area contributed by atoms with Crippen LogP contribution < -0.4 is 19.5 Å². The molecule has 1 aliphatic rings. The first-order valence-corrected chi connectivity index (χ1v) is 9.20. The highest BCUT2D eigenvalue weighted by molar-refractivity contribution is 5.95. The zero-order valence-electron chi connectivity index (χ0n) is 15.6. The van der Waals surface area contributed by atoms with E-state index in [4.69, 9.17) is 19.3 Å². The van der Waals surface area contributed by atoms with Gasteiger partial charge >= 0.3 is 5.97 Å². The Labute approximate surface area is 163 Å². The summed E-state index contributed by atoms with van der Waals surface area (Å²) in [6, 6.07) is 12.6. The van der Waals surface area contributed by atoms with Gasteiger partial charge in [0.15, 0.2) is 18.1 Å². The number of carboxylic acids is 1. The smallest absolute Gasteiger partial charge is 0.341 e. The van der Waals surface area contributed by atoms with E-state index in [1.54, 1.807) is 25.1 Å². The molecule has 2 aromatic rings. The van der Waals surface area contributed by atoms with Gasteiger partial charge in [-0.3, -0.25) is 4.79 Å². The number of carbonyl (C=O) groups excluding carboxylic acids is 1. The van der Waals surface area contributed by atoms with Crippen LogP contribution in [0.5, 0.6) is 17.2 Å². The van der Waals surface area contributed by atoms with E-state index in [1.807, 2.05) is 24.3 Å². The second-order valence-corrected chi connectivity index (χ2v) is 6.36. The molecule has 2 aromatic carbocycles. The molecule has 0 spiro atoms. The average Bonchev–Trinajstić information content (AvgIpc) is 2.71. The number of fused-ring (bicyclic) bond motifs is 1. The molecule has 0 saturated heterocycles. The number of hydrogen-bond donors (Lipinski definition) is 2. The molecule has 0 bridgehead atoms. The summed E-state index contributed by atoms with van der Waals surface area (Å²) >= 11 is 0. The molecule has 1 heterocycles. The van der Waals surface area contributed by atoms with Crippen molar-refractivity contribution in [2.24, 2.45) is 0 Å². The highest BCUT2D eigenvalue weighted by Crippen LogP contribution is 2.33. The minimum Gasteiger partial charge on any atom is -0.493 e. The molecular weight excluding hydrogens is 362 g/mol. The van der Waals surface area contributed by atoms with Gasteiger partial charge < -0.3 is 24.6 Å². The number of carbonyl (C=O) groups is 2. The Hall–Kier alpha value is -3.22. The largest absolute Gasteiger partial charge is 0.493 e. The molecule has 2 N–H and O–H groups in total. The van der Waals surface area contributed by atoms with Gasteiger partial charge in [-0.1, -0.05) is 18.2 Å². The summed E-state index contributed by atoms with van der Waals surface area (Å²) in [5.74, 6) is 0.382. The Bertz CT molecular complexity index is 851. The van der Waals surface area contributed by atoms with Gasteiger partial charge in [-0.05, 0) is 43.2 Å². The lowest BCUT2D eigenvalue weighted by Gasteiger charge is -2.26. The molecule has 0 aromatic heterocycles. The van der Waals surface area contributed by atoms with Crippen LogP contribution in [0.2, 0.25) is 0 Å². The summed E-state index contributed by atoms with van der Waals surface area (Å²) in [6.07, 6.45) is 0.837. The third-order valence-electron chi connectivity index (χ3n) is 4.45.